The smallest absolute Gasteiger partial charge is 0.246 e. The van der Waals surface area contributed by atoms with Crippen molar-refractivity contribution in [1.82, 2.24) is 14.8 Å². The number of fused-ring (bicyclic) bond motifs is 2. The van der Waals surface area contributed by atoms with Crippen molar-refractivity contribution in [3.8, 4) is 0 Å². The first-order valence-corrected chi connectivity index (χ1v) is 9.97. The van der Waals surface area contributed by atoms with Crippen LogP contribution in [0.25, 0.3) is 16.8 Å². The minimum Gasteiger partial charge on any atom is -0.338 e. The monoisotopic (exact) mass is 418 g/mol. The Balaban J connectivity index is 1.49. The van der Waals surface area contributed by atoms with Crippen molar-refractivity contribution in [3.63, 3.8) is 0 Å². The highest BCUT2D eigenvalue weighted by molar-refractivity contribution is 5.94. The molecule has 0 aliphatic carbocycles. The number of nitrogens with one attached hydrogen (secondary N) is 1. The van der Waals surface area contributed by atoms with Gasteiger partial charge >= 0.3 is 0 Å². The van der Waals surface area contributed by atoms with Crippen LogP contribution >= 0.6 is 0 Å². The van der Waals surface area contributed by atoms with Gasteiger partial charge in [0, 0.05) is 43.4 Å². The fraction of sp³-hybridized carbons (Fsp3) is 0.208. The highest BCUT2D eigenvalue weighted by Gasteiger charge is 2.17. The van der Waals surface area contributed by atoms with Crippen molar-refractivity contribution < 1.29 is 14.0 Å². The lowest BCUT2D eigenvalue weighted by atomic mass is 10.0. The Hall–Kier alpha value is -3.58. The maximum absolute atomic E-state index is 14.0. The van der Waals surface area contributed by atoms with Crippen LogP contribution in [0.1, 0.15) is 16.7 Å². The van der Waals surface area contributed by atoms with E-state index < -0.39 is 0 Å². The van der Waals surface area contributed by atoms with Gasteiger partial charge in [0.15, 0.2) is 0 Å². The minimum atomic E-state index is -0.272. The molecule has 0 radical (unpaired) electrons. The number of likely N-dealkylation sites (N-methyl/N-ethyl adjacent to an activating group) is 2. The average molecular weight is 418 g/mol. The number of amides is 2. The zero-order valence-corrected chi connectivity index (χ0v) is 17.4. The van der Waals surface area contributed by atoms with Gasteiger partial charge in [0.05, 0.1) is 6.54 Å². The van der Waals surface area contributed by atoms with Crippen molar-refractivity contribution in [1.29, 1.82) is 0 Å². The van der Waals surface area contributed by atoms with E-state index in [9.17, 15) is 14.0 Å². The molecule has 0 saturated heterocycles. The van der Waals surface area contributed by atoms with E-state index in [0.29, 0.717) is 30.8 Å². The first-order valence-electron chi connectivity index (χ1n) is 9.97. The maximum atomic E-state index is 14.0. The summed E-state index contributed by atoms with van der Waals surface area (Å²) in [6.45, 7) is 1.26. The number of carbonyl (C=O) groups excluding carboxylic acids is 2. The molecule has 2 amide bonds. The third-order valence-corrected chi connectivity index (χ3v) is 5.26. The summed E-state index contributed by atoms with van der Waals surface area (Å²) in [5.41, 5.74) is 2.55. The Labute approximate surface area is 180 Å². The van der Waals surface area contributed by atoms with Crippen LogP contribution in [0.3, 0.4) is 0 Å². The Morgan fingerprint density at radius 1 is 1.23 bits per heavy atom. The molecule has 4 rings (SSSR count). The second kappa shape index (κ2) is 8.65. The van der Waals surface area contributed by atoms with Gasteiger partial charge in [-0.2, -0.15) is 0 Å². The van der Waals surface area contributed by atoms with E-state index in [4.69, 9.17) is 0 Å². The summed E-state index contributed by atoms with van der Waals surface area (Å²) in [6.07, 6.45) is 4.83. The van der Waals surface area contributed by atoms with Crippen molar-refractivity contribution in [2.75, 3.05) is 26.0 Å². The number of carbonyl (C=O) groups is 2. The summed E-state index contributed by atoms with van der Waals surface area (Å²) in [5.74, 6) is 0.0137. The fourth-order valence-corrected chi connectivity index (χ4v) is 3.71. The van der Waals surface area contributed by atoms with Crippen molar-refractivity contribution in [2.45, 2.75) is 13.1 Å². The average Bonchev–Trinajstić information content (AvgIpc) is 2.89. The van der Waals surface area contributed by atoms with E-state index in [1.54, 1.807) is 42.4 Å². The van der Waals surface area contributed by atoms with Crippen molar-refractivity contribution in [3.05, 3.63) is 77.2 Å². The third-order valence-electron chi connectivity index (χ3n) is 5.26. The van der Waals surface area contributed by atoms with Crippen LogP contribution in [0.2, 0.25) is 0 Å². The lowest BCUT2D eigenvalue weighted by molar-refractivity contribution is -0.125. The van der Waals surface area contributed by atoms with Crippen LogP contribution in [0, 0.1) is 5.82 Å². The molecule has 31 heavy (non-hydrogen) atoms. The molecule has 1 aromatic heterocycles. The molecule has 158 valence electrons. The second-order valence-corrected chi connectivity index (χ2v) is 7.78. The highest BCUT2D eigenvalue weighted by atomic mass is 19.1. The summed E-state index contributed by atoms with van der Waals surface area (Å²) in [6, 6.07) is 12.3. The molecule has 0 spiro atoms. The van der Waals surface area contributed by atoms with E-state index in [1.807, 2.05) is 30.1 Å². The number of benzene rings is 2. The molecule has 2 heterocycles. The zero-order chi connectivity index (χ0) is 22.0. The lowest BCUT2D eigenvalue weighted by Gasteiger charge is -2.17. The van der Waals surface area contributed by atoms with Crippen LogP contribution in [0.4, 0.5) is 10.2 Å². The maximum Gasteiger partial charge on any atom is 0.246 e. The fourth-order valence-electron chi connectivity index (χ4n) is 3.71. The molecule has 0 saturated carbocycles. The summed E-state index contributed by atoms with van der Waals surface area (Å²) in [4.78, 5) is 32.3. The van der Waals surface area contributed by atoms with Crippen LogP contribution < -0.4 is 5.32 Å². The Morgan fingerprint density at radius 3 is 2.81 bits per heavy atom. The Morgan fingerprint density at radius 2 is 2.00 bits per heavy atom. The zero-order valence-electron chi connectivity index (χ0n) is 17.4. The normalized spacial score (nSPS) is 14.4. The summed E-state index contributed by atoms with van der Waals surface area (Å²) >= 11 is 0. The van der Waals surface area contributed by atoms with Crippen LogP contribution in [0.5, 0.6) is 0 Å². The van der Waals surface area contributed by atoms with Crippen LogP contribution in [0.15, 0.2) is 54.7 Å². The molecule has 1 aliphatic rings. The number of aromatic nitrogens is 1. The molecule has 1 N–H and O–H groups in total. The number of anilines is 1. The van der Waals surface area contributed by atoms with Gasteiger partial charge in [-0.15, -0.1) is 0 Å². The number of halogens is 1. The number of pyridine rings is 1. The van der Waals surface area contributed by atoms with Gasteiger partial charge in [-0.3, -0.25) is 14.5 Å². The SMILES string of the molecule is CN1CC(=O)Nc2ncc(/C=C/C(=O)N(C)Cc3ccc(F)c4ccccc34)cc2C1. The predicted octanol–water partition coefficient (Wildman–Crippen LogP) is 3.43. The molecular weight excluding hydrogens is 395 g/mol. The molecule has 6 nitrogen and oxygen atoms in total. The van der Waals surface area contributed by atoms with Gasteiger partial charge < -0.3 is 10.2 Å². The summed E-state index contributed by atoms with van der Waals surface area (Å²) < 4.78 is 14.0. The number of hydrogen-bond donors (Lipinski definition) is 1. The topological polar surface area (TPSA) is 65.5 Å². The standard InChI is InChI=1S/C24H23FN4O2/c1-28-13-18-11-16(12-26-24(18)27-22(30)15-28)7-10-23(31)29(2)14-17-8-9-21(25)20-6-4-3-5-19(17)20/h3-12H,13-15H2,1-2H3,(H,26,27,30)/b10-7+. The van der Waals surface area contributed by atoms with Gasteiger partial charge in [0.25, 0.3) is 0 Å². The third kappa shape index (κ3) is 4.62. The number of nitrogens with zero attached hydrogens (tertiary/aromatic N) is 3. The van der Waals surface area contributed by atoms with Gasteiger partial charge in [-0.05, 0) is 41.8 Å². The lowest BCUT2D eigenvalue weighted by Crippen LogP contribution is -2.26. The largest absolute Gasteiger partial charge is 0.338 e. The molecule has 0 bridgehead atoms. The second-order valence-electron chi connectivity index (χ2n) is 7.78. The molecule has 3 aromatic rings. The van der Waals surface area contributed by atoms with Gasteiger partial charge in [-0.1, -0.05) is 30.3 Å². The molecule has 0 unspecified atom stereocenters. The van der Waals surface area contributed by atoms with Crippen molar-refractivity contribution in [2.24, 2.45) is 0 Å². The first kappa shape index (κ1) is 20.7. The van der Waals surface area contributed by atoms with Crippen molar-refractivity contribution >= 4 is 34.5 Å². The number of hydrogen-bond acceptors (Lipinski definition) is 4. The highest BCUT2D eigenvalue weighted by Crippen LogP contribution is 2.23. The quantitative estimate of drug-likeness (QED) is 0.660. The molecule has 7 heteroatoms. The van der Waals surface area contributed by atoms with E-state index in [-0.39, 0.29) is 17.6 Å². The Bertz CT molecular complexity index is 1190. The van der Waals surface area contributed by atoms with Crippen LogP contribution in [-0.4, -0.2) is 47.2 Å². The van der Waals surface area contributed by atoms with E-state index in [2.05, 4.69) is 10.3 Å². The molecule has 2 aromatic carbocycles. The van der Waals surface area contributed by atoms with Gasteiger partial charge in [-0.25, -0.2) is 9.37 Å². The van der Waals surface area contributed by atoms with E-state index in [1.165, 1.54) is 12.1 Å². The Kier molecular flexibility index (Phi) is 5.77. The van der Waals surface area contributed by atoms with Crippen LogP contribution in [-0.2, 0) is 22.7 Å². The molecular formula is C24H23FN4O2. The molecule has 0 atom stereocenters. The molecule has 0 fully saturated rings. The minimum absolute atomic E-state index is 0.0952. The van der Waals surface area contributed by atoms with E-state index >= 15 is 0 Å². The first-order chi connectivity index (χ1) is 14.9. The summed E-state index contributed by atoms with van der Waals surface area (Å²) in [7, 11) is 3.58. The van der Waals surface area contributed by atoms with Gasteiger partial charge in [0.1, 0.15) is 11.6 Å². The van der Waals surface area contributed by atoms with E-state index in [0.717, 1.165) is 22.1 Å². The summed E-state index contributed by atoms with van der Waals surface area (Å²) in [5, 5.41) is 4.14. The van der Waals surface area contributed by atoms with Gasteiger partial charge in [0.2, 0.25) is 11.8 Å². The number of rotatable bonds is 4. The predicted molar refractivity (Wildman–Crippen MR) is 119 cm³/mol. The molecule has 1 aliphatic heterocycles.